The maximum absolute atomic E-state index is 12.9. The molecule has 0 aliphatic carbocycles. The SMILES string of the molecule is Cc1ccc(Cl)cc1N(CCCC(=O)Nc1ccc(S(=O)(=O)Nc2cccc(C(F)(F)F)c2)cc1)S(C)(=O)=O. The highest BCUT2D eigenvalue weighted by molar-refractivity contribution is 7.92. The molecule has 0 aliphatic heterocycles. The van der Waals surface area contributed by atoms with Gasteiger partial charge in [-0.1, -0.05) is 23.7 Å². The lowest BCUT2D eigenvalue weighted by atomic mass is 10.2. The van der Waals surface area contributed by atoms with E-state index in [0.717, 1.165) is 18.4 Å². The molecule has 3 aromatic carbocycles. The standard InChI is InChI=1S/C25H25ClF3N3O5S2/c1-17-8-9-19(26)16-23(17)32(38(2,34)35)14-4-7-24(33)30-20-10-12-22(13-11-20)39(36,37)31-21-6-3-5-18(15-21)25(27,28)29/h3,5-6,8-13,15-16,31H,4,7,14H2,1-2H3,(H,30,33). The van der Waals surface area contributed by atoms with E-state index in [1.165, 1.54) is 40.7 Å². The first-order valence-corrected chi connectivity index (χ1v) is 15.1. The number of benzene rings is 3. The van der Waals surface area contributed by atoms with Crippen LogP contribution in [0, 0.1) is 6.92 Å². The fourth-order valence-electron chi connectivity index (χ4n) is 3.61. The van der Waals surface area contributed by atoms with Crippen LogP contribution in [0.15, 0.2) is 71.6 Å². The lowest BCUT2D eigenvalue weighted by molar-refractivity contribution is -0.137. The molecule has 2 N–H and O–H groups in total. The van der Waals surface area contributed by atoms with Gasteiger partial charge in [-0.15, -0.1) is 0 Å². The minimum absolute atomic E-state index is 0.0250. The third-order valence-corrected chi connectivity index (χ3v) is 8.31. The van der Waals surface area contributed by atoms with E-state index in [1.54, 1.807) is 19.1 Å². The number of hydrogen-bond acceptors (Lipinski definition) is 5. The van der Waals surface area contributed by atoms with Gasteiger partial charge in [0.25, 0.3) is 10.0 Å². The number of anilines is 3. The number of sulfonamides is 2. The van der Waals surface area contributed by atoms with Crippen molar-refractivity contribution in [3.63, 3.8) is 0 Å². The largest absolute Gasteiger partial charge is 0.416 e. The summed E-state index contributed by atoms with van der Waals surface area (Å²) in [7, 11) is -7.83. The zero-order valence-electron chi connectivity index (χ0n) is 20.8. The average molecular weight is 604 g/mol. The zero-order chi connectivity index (χ0) is 29.0. The monoisotopic (exact) mass is 603 g/mol. The van der Waals surface area contributed by atoms with Gasteiger partial charge in [0, 0.05) is 29.4 Å². The number of alkyl halides is 3. The van der Waals surface area contributed by atoms with Gasteiger partial charge in [-0.25, -0.2) is 16.8 Å². The number of nitrogens with one attached hydrogen (secondary N) is 2. The molecule has 0 saturated heterocycles. The maximum Gasteiger partial charge on any atom is 0.416 e. The number of rotatable bonds is 10. The van der Waals surface area contributed by atoms with Crippen LogP contribution in [0.25, 0.3) is 0 Å². The molecule has 210 valence electrons. The summed E-state index contributed by atoms with van der Waals surface area (Å²) in [5, 5.41) is 2.97. The first kappa shape index (κ1) is 30.3. The van der Waals surface area contributed by atoms with Crippen LogP contribution >= 0.6 is 11.6 Å². The average Bonchev–Trinajstić information content (AvgIpc) is 2.82. The van der Waals surface area contributed by atoms with Crippen molar-refractivity contribution in [2.24, 2.45) is 0 Å². The minimum Gasteiger partial charge on any atom is -0.326 e. The van der Waals surface area contributed by atoms with Crippen LogP contribution < -0.4 is 14.3 Å². The predicted molar refractivity (Wildman–Crippen MR) is 145 cm³/mol. The topological polar surface area (TPSA) is 113 Å². The van der Waals surface area contributed by atoms with Gasteiger partial charge in [-0.05, 0) is 73.5 Å². The lowest BCUT2D eigenvalue weighted by Crippen LogP contribution is -2.32. The minimum atomic E-state index is -4.63. The number of nitrogens with zero attached hydrogens (tertiary/aromatic N) is 1. The van der Waals surface area contributed by atoms with E-state index in [9.17, 15) is 34.8 Å². The molecule has 0 atom stereocenters. The molecular formula is C25H25ClF3N3O5S2. The fourth-order valence-corrected chi connectivity index (χ4v) is 5.84. The molecule has 0 fully saturated rings. The van der Waals surface area contributed by atoms with E-state index in [2.05, 4.69) is 10.0 Å². The number of halogens is 4. The van der Waals surface area contributed by atoms with Gasteiger partial charge < -0.3 is 5.32 Å². The second kappa shape index (κ2) is 11.8. The van der Waals surface area contributed by atoms with Crippen LogP contribution in [0.3, 0.4) is 0 Å². The molecular weight excluding hydrogens is 579 g/mol. The molecule has 1 amide bonds. The van der Waals surface area contributed by atoms with Crippen molar-refractivity contribution < 1.29 is 34.8 Å². The molecule has 0 radical (unpaired) electrons. The van der Waals surface area contributed by atoms with Gasteiger partial charge in [0.1, 0.15) is 0 Å². The van der Waals surface area contributed by atoms with Gasteiger partial charge in [-0.2, -0.15) is 13.2 Å². The van der Waals surface area contributed by atoms with E-state index in [1.807, 2.05) is 0 Å². The summed E-state index contributed by atoms with van der Waals surface area (Å²) in [5.41, 5.74) is 0.151. The van der Waals surface area contributed by atoms with Crippen molar-refractivity contribution in [3.05, 3.63) is 82.9 Å². The molecule has 3 aromatic rings. The van der Waals surface area contributed by atoms with E-state index >= 15 is 0 Å². The molecule has 0 heterocycles. The van der Waals surface area contributed by atoms with Gasteiger partial charge in [-0.3, -0.25) is 13.8 Å². The van der Waals surface area contributed by atoms with Crippen molar-refractivity contribution in [1.82, 2.24) is 0 Å². The van der Waals surface area contributed by atoms with Crippen molar-refractivity contribution in [3.8, 4) is 0 Å². The Balaban J connectivity index is 1.61. The van der Waals surface area contributed by atoms with E-state index in [-0.39, 0.29) is 35.7 Å². The van der Waals surface area contributed by atoms with Crippen LogP contribution in [0.1, 0.15) is 24.0 Å². The van der Waals surface area contributed by atoms with Gasteiger partial charge in [0.2, 0.25) is 15.9 Å². The number of amides is 1. The van der Waals surface area contributed by atoms with Gasteiger partial charge in [0.05, 0.1) is 22.4 Å². The Morgan fingerprint density at radius 3 is 2.23 bits per heavy atom. The summed E-state index contributed by atoms with van der Waals surface area (Å²) in [6, 6.07) is 13.7. The van der Waals surface area contributed by atoms with E-state index < -0.39 is 37.7 Å². The van der Waals surface area contributed by atoms with Gasteiger partial charge >= 0.3 is 6.18 Å². The van der Waals surface area contributed by atoms with Crippen LogP contribution in [-0.2, 0) is 31.0 Å². The number of aryl methyl sites for hydroxylation is 1. The van der Waals surface area contributed by atoms with Crippen molar-refractivity contribution in [1.29, 1.82) is 0 Å². The Morgan fingerprint density at radius 1 is 0.949 bits per heavy atom. The Kier molecular flexibility index (Phi) is 9.19. The quantitative estimate of drug-likeness (QED) is 0.311. The normalized spacial score (nSPS) is 12.2. The third kappa shape index (κ3) is 8.35. The van der Waals surface area contributed by atoms with Crippen molar-refractivity contribution >= 4 is 54.6 Å². The molecule has 0 saturated carbocycles. The van der Waals surface area contributed by atoms with Crippen LogP contribution in [0.4, 0.5) is 30.2 Å². The molecule has 0 spiro atoms. The number of carbonyl (C=O) groups is 1. The summed E-state index contributed by atoms with van der Waals surface area (Å²) >= 11 is 6.02. The molecule has 14 heteroatoms. The Labute approximate surface area is 229 Å². The van der Waals surface area contributed by atoms with Gasteiger partial charge in [0.15, 0.2) is 0 Å². The highest BCUT2D eigenvalue weighted by Crippen LogP contribution is 2.31. The third-order valence-electron chi connectivity index (χ3n) is 5.50. The lowest BCUT2D eigenvalue weighted by Gasteiger charge is -2.24. The van der Waals surface area contributed by atoms with E-state index in [4.69, 9.17) is 11.6 Å². The molecule has 3 rings (SSSR count). The summed E-state index contributed by atoms with van der Waals surface area (Å²) in [6.07, 6.45) is -3.40. The fraction of sp³-hybridized carbons (Fsp3) is 0.240. The predicted octanol–water partition coefficient (Wildman–Crippen LogP) is 5.65. The van der Waals surface area contributed by atoms with E-state index in [0.29, 0.717) is 22.3 Å². The summed E-state index contributed by atoms with van der Waals surface area (Å²) in [4.78, 5) is 12.2. The zero-order valence-corrected chi connectivity index (χ0v) is 23.2. The maximum atomic E-state index is 12.9. The van der Waals surface area contributed by atoms with Crippen molar-refractivity contribution in [2.45, 2.75) is 30.8 Å². The van der Waals surface area contributed by atoms with Crippen LogP contribution in [0.5, 0.6) is 0 Å². The Hall–Kier alpha value is -3.29. The van der Waals surface area contributed by atoms with Crippen molar-refractivity contribution in [2.75, 3.05) is 27.1 Å². The smallest absolute Gasteiger partial charge is 0.326 e. The molecule has 0 aliphatic rings. The Bertz CT molecular complexity index is 1560. The van der Waals surface area contributed by atoms with Crippen LogP contribution in [-0.4, -0.2) is 35.5 Å². The molecule has 0 bridgehead atoms. The summed E-state index contributed by atoms with van der Waals surface area (Å²) in [5.74, 6) is -0.427. The highest BCUT2D eigenvalue weighted by atomic mass is 35.5. The summed E-state index contributed by atoms with van der Waals surface area (Å²) in [6.45, 7) is 1.78. The Morgan fingerprint density at radius 2 is 1.62 bits per heavy atom. The first-order chi connectivity index (χ1) is 18.1. The van der Waals surface area contributed by atoms with Crippen LogP contribution in [0.2, 0.25) is 5.02 Å². The first-order valence-electron chi connectivity index (χ1n) is 11.4. The highest BCUT2D eigenvalue weighted by Gasteiger charge is 2.30. The molecule has 0 unspecified atom stereocenters. The second-order valence-corrected chi connectivity index (χ2v) is 12.7. The molecule has 0 aromatic heterocycles. The molecule has 39 heavy (non-hydrogen) atoms. The molecule has 8 nitrogen and oxygen atoms in total. The second-order valence-electron chi connectivity index (χ2n) is 8.63. The summed E-state index contributed by atoms with van der Waals surface area (Å²) < 4.78 is 91.9. The number of hydrogen-bond donors (Lipinski definition) is 2. The number of carbonyl (C=O) groups excluding carboxylic acids is 1.